The SMILES string of the molecule is Cc1cccc(OCC(O)CNC2Cc3ccccc3C2)c1. The van der Waals surface area contributed by atoms with Gasteiger partial charge in [0.1, 0.15) is 18.5 Å². The van der Waals surface area contributed by atoms with Crippen LogP contribution in [0, 0.1) is 6.92 Å². The van der Waals surface area contributed by atoms with Crippen molar-refractivity contribution in [3.05, 3.63) is 65.2 Å². The Morgan fingerprint density at radius 2 is 1.86 bits per heavy atom. The van der Waals surface area contributed by atoms with E-state index in [-0.39, 0.29) is 0 Å². The number of rotatable bonds is 6. The molecule has 1 unspecified atom stereocenters. The zero-order valence-corrected chi connectivity index (χ0v) is 13.0. The van der Waals surface area contributed by atoms with Crippen molar-refractivity contribution in [3.63, 3.8) is 0 Å². The Kier molecular flexibility index (Phi) is 4.76. The molecule has 2 aromatic carbocycles. The molecular weight excluding hydrogens is 274 g/mol. The molecule has 0 aromatic heterocycles. The minimum atomic E-state index is -0.496. The first-order chi connectivity index (χ1) is 10.7. The molecule has 0 aliphatic heterocycles. The van der Waals surface area contributed by atoms with Gasteiger partial charge in [-0.2, -0.15) is 0 Å². The second kappa shape index (κ2) is 6.95. The van der Waals surface area contributed by atoms with E-state index in [9.17, 15) is 5.11 Å². The van der Waals surface area contributed by atoms with E-state index in [0.29, 0.717) is 19.2 Å². The van der Waals surface area contributed by atoms with Crippen molar-refractivity contribution in [2.45, 2.75) is 31.9 Å². The van der Waals surface area contributed by atoms with E-state index in [2.05, 4.69) is 29.6 Å². The highest BCUT2D eigenvalue weighted by Crippen LogP contribution is 2.21. The predicted molar refractivity (Wildman–Crippen MR) is 88.3 cm³/mol. The number of hydrogen-bond donors (Lipinski definition) is 2. The van der Waals surface area contributed by atoms with Gasteiger partial charge in [0.15, 0.2) is 0 Å². The number of fused-ring (bicyclic) bond motifs is 1. The maximum absolute atomic E-state index is 10.1. The summed E-state index contributed by atoms with van der Waals surface area (Å²) in [7, 11) is 0. The number of aryl methyl sites for hydroxylation is 1. The zero-order chi connectivity index (χ0) is 15.4. The summed E-state index contributed by atoms with van der Waals surface area (Å²) in [6, 6.07) is 16.9. The molecule has 0 fully saturated rings. The number of hydrogen-bond acceptors (Lipinski definition) is 3. The van der Waals surface area contributed by atoms with Gasteiger partial charge < -0.3 is 15.2 Å². The third-order valence-corrected chi connectivity index (χ3v) is 4.13. The van der Waals surface area contributed by atoms with Crippen molar-refractivity contribution in [3.8, 4) is 5.75 Å². The van der Waals surface area contributed by atoms with Crippen LogP contribution in [-0.4, -0.2) is 30.4 Å². The summed E-state index contributed by atoms with van der Waals surface area (Å²) in [5.74, 6) is 0.812. The molecule has 3 nitrogen and oxygen atoms in total. The van der Waals surface area contributed by atoms with Crippen LogP contribution < -0.4 is 10.1 Å². The first-order valence-electron chi connectivity index (χ1n) is 7.88. The molecule has 0 spiro atoms. The van der Waals surface area contributed by atoms with Crippen LogP contribution in [0.15, 0.2) is 48.5 Å². The summed E-state index contributed by atoms with van der Waals surface area (Å²) in [5.41, 5.74) is 4.00. The molecule has 0 radical (unpaired) electrons. The van der Waals surface area contributed by atoms with Crippen LogP contribution in [0.2, 0.25) is 0 Å². The number of ether oxygens (including phenoxy) is 1. The summed E-state index contributed by atoms with van der Waals surface area (Å²) < 4.78 is 5.64. The highest BCUT2D eigenvalue weighted by atomic mass is 16.5. The second-order valence-corrected chi connectivity index (χ2v) is 6.06. The predicted octanol–water partition coefficient (Wildman–Crippen LogP) is 2.49. The van der Waals surface area contributed by atoms with E-state index in [4.69, 9.17) is 4.74 Å². The van der Waals surface area contributed by atoms with Crippen LogP contribution in [-0.2, 0) is 12.8 Å². The van der Waals surface area contributed by atoms with Crippen molar-refractivity contribution < 1.29 is 9.84 Å². The Hall–Kier alpha value is -1.84. The van der Waals surface area contributed by atoms with Crippen molar-refractivity contribution >= 4 is 0 Å². The fourth-order valence-corrected chi connectivity index (χ4v) is 2.96. The summed E-state index contributed by atoms with van der Waals surface area (Å²) in [6.07, 6.45) is 1.59. The van der Waals surface area contributed by atoms with Crippen molar-refractivity contribution in [1.29, 1.82) is 0 Å². The Morgan fingerprint density at radius 1 is 1.14 bits per heavy atom. The zero-order valence-electron chi connectivity index (χ0n) is 13.0. The third kappa shape index (κ3) is 3.87. The standard InChI is InChI=1S/C19H23NO2/c1-14-5-4-8-19(9-14)22-13-18(21)12-20-17-10-15-6-2-3-7-16(15)11-17/h2-9,17-18,20-21H,10-13H2,1H3. The van der Waals surface area contributed by atoms with Crippen molar-refractivity contribution in [2.75, 3.05) is 13.2 Å². The van der Waals surface area contributed by atoms with E-state index < -0.39 is 6.10 Å². The van der Waals surface area contributed by atoms with Gasteiger partial charge in [0.05, 0.1) is 0 Å². The summed E-state index contributed by atoms with van der Waals surface area (Å²) in [5, 5.41) is 13.5. The smallest absolute Gasteiger partial charge is 0.119 e. The molecule has 3 rings (SSSR count). The minimum Gasteiger partial charge on any atom is -0.491 e. The second-order valence-electron chi connectivity index (χ2n) is 6.06. The maximum Gasteiger partial charge on any atom is 0.119 e. The first-order valence-corrected chi connectivity index (χ1v) is 7.88. The van der Waals surface area contributed by atoms with E-state index in [1.807, 2.05) is 31.2 Å². The molecule has 2 aromatic rings. The lowest BCUT2D eigenvalue weighted by Crippen LogP contribution is -2.38. The van der Waals surface area contributed by atoms with Gasteiger partial charge in [-0.05, 0) is 48.6 Å². The maximum atomic E-state index is 10.1. The molecule has 2 N–H and O–H groups in total. The molecule has 0 amide bonds. The van der Waals surface area contributed by atoms with Crippen LogP contribution in [0.5, 0.6) is 5.75 Å². The first kappa shape index (κ1) is 15.1. The van der Waals surface area contributed by atoms with Crippen molar-refractivity contribution in [2.24, 2.45) is 0 Å². The Labute approximate surface area is 131 Å². The van der Waals surface area contributed by atoms with Gasteiger partial charge >= 0.3 is 0 Å². The largest absolute Gasteiger partial charge is 0.491 e. The lowest BCUT2D eigenvalue weighted by molar-refractivity contribution is 0.104. The van der Waals surface area contributed by atoms with Crippen LogP contribution in [0.1, 0.15) is 16.7 Å². The van der Waals surface area contributed by atoms with Crippen molar-refractivity contribution in [1.82, 2.24) is 5.32 Å². The highest BCUT2D eigenvalue weighted by molar-refractivity contribution is 5.33. The average molecular weight is 297 g/mol. The lowest BCUT2D eigenvalue weighted by Gasteiger charge is -2.17. The molecule has 1 aliphatic rings. The van der Waals surface area contributed by atoms with Gasteiger partial charge in [0.2, 0.25) is 0 Å². The Balaban J connectivity index is 1.41. The molecule has 0 bridgehead atoms. The fraction of sp³-hybridized carbons (Fsp3) is 0.368. The van der Waals surface area contributed by atoms with Crippen LogP contribution >= 0.6 is 0 Å². The number of benzene rings is 2. The van der Waals surface area contributed by atoms with Crippen LogP contribution in [0.4, 0.5) is 0 Å². The van der Waals surface area contributed by atoms with Gasteiger partial charge in [0, 0.05) is 12.6 Å². The number of nitrogens with one attached hydrogen (secondary N) is 1. The summed E-state index contributed by atoms with van der Waals surface area (Å²) >= 11 is 0. The van der Waals surface area contributed by atoms with Gasteiger partial charge in [0.25, 0.3) is 0 Å². The molecule has 0 heterocycles. The molecule has 1 atom stereocenters. The molecule has 1 aliphatic carbocycles. The van der Waals surface area contributed by atoms with E-state index in [1.54, 1.807) is 0 Å². The van der Waals surface area contributed by atoms with Gasteiger partial charge in [-0.1, -0.05) is 36.4 Å². The van der Waals surface area contributed by atoms with E-state index >= 15 is 0 Å². The minimum absolute atomic E-state index is 0.316. The normalized spacial score (nSPS) is 15.5. The summed E-state index contributed by atoms with van der Waals surface area (Å²) in [4.78, 5) is 0. The molecule has 116 valence electrons. The molecule has 0 saturated carbocycles. The molecule has 22 heavy (non-hydrogen) atoms. The highest BCUT2D eigenvalue weighted by Gasteiger charge is 2.21. The molecule has 0 saturated heterocycles. The van der Waals surface area contributed by atoms with Gasteiger partial charge in [-0.3, -0.25) is 0 Å². The summed E-state index contributed by atoms with van der Waals surface area (Å²) in [6.45, 7) is 2.91. The third-order valence-electron chi connectivity index (χ3n) is 4.13. The monoisotopic (exact) mass is 297 g/mol. The molecular formula is C19H23NO2. The topological polar surface area (TPSA) is 41.5 Å². The fourth-order valence-electron chi connectivity index (χ4n) is 2.96. The van der Waals surface area contributed by atoms with Crippen LogP contribution in [0.25, 0.3) is 0 Å². The van der Waals surface area contributed by atoms with E-state index in [0.717, 1.165) is 24.2 Å². The lowest BCUT2D eigenvalue weighted by atomic mass is 10.1. The average Bonchev–Trinajstić information content (AvgIpc) is 2.94. The van der Waals surface area contributed by atoms with Crippen LogP contribution in [0.3, 0.4) is 0 Å². The van der Waals surface area contributed by atoms with Gasteiger partial charge in [-0.15, -0.1) is 0 Å². The van der Waals surface area contributed by atoms with Gasteiger partial charge in [-0.25, -0.2) is 0 Å². The Morgan fingerprint density at radius 3 is 2.55 bits per heavy atom. The number of aliphatic hydroxyl groups excluding tert-OH is 1. The van der Waals surface area contributed by atoms with E-state index in [1.165, 1.54) is 11.1 Å². The Bertz CT molecular complexity index is 601. The molecule has 3 heteroatoms. The number of aliphatic hydroxyl groups is 1. The quantitative estimate of drug-likeness (QED) is 0.861.